The minimum absolute atomic E-state index is 0.0432. The first kappa shape index (κ1) is 95.0. The lowest BCUT2D eigenvalue weighted by Gasteiger charge is -2.53. The third-order valence-corrected chi connectivity index (χ3v) is 24.8. The van der Waals surface area contributed by atoms with Crippen molar-refractivity contribution in [3.63, 3.8) is 0 Å². The Kier molecular flexibility index (Phi) is 34.7. The van der Waals surface area contributed by atoms with Crippen LogP contribution in [0.1, 0.15) is 109 Å². The van der Waals surface area contributed by atoms with E-state index in [1.165, 1.54) is 26.4 Å². The van der Waals surface area contributed by atoms with Crippen molar-refractivity contribution in [3.8, 4) is 0 Å². The lowest BCUT2D eigenvalue weighted by Crippen LogP contribution is -2.66. The van der Waals surface area contributed by atoms with Crippen LogP contribution in [0.3, 0.4) is 0 Å². The quantitative estimate of drug-likeness (QED) is 0.0137. The molecule has 0 radical (unpaired) electrons. The molecule has 20 N–H and O–H groups in total. The number of methoxy groups -OCH3 is 2. The number of aliphatic carboxylic acids is 1. The normalized spacial score (nSPS) is 46.3. The van der Waals surface area contributed by atoms with Gasteiger partial charge in [-0.3, -0.25) is 9.59 Å². The zero-order chi connectivity index (χ0) is 86.0. The van der Waals surface area contributed by atoms with Gasteiger partial charge in [0.2, 0.25) is 0 Å². The molecule has 0 aromatic carbocycles. The first-order chi connectivity index (χ1) is 56.7. The molecule has 6 heterocycles. The molecule has 42 nitrogen and oxygen atoms in total. The number of allylic oxidation sites excluding steroid dienone is 3. The van der Waals surface area contributed by atoms with Crippen LogP contribution in [0.5, 0.6) is 0 Å². The summed E-state index contributed by atoms with van der Waals surface area (Å²) in [4.78, 5) is 63.9. The van der Waals surface area contributed by atoms with Crippen LogP contribution in [0, 0.1) is 29.6 Å². The lowest BCUT2D eigenvalue weighted by molar-refractivity contribution is -0.380. The molecule has 5 aliphatic carbocycles. The number of ether oxygens (including phenoxy) is 17. The number of hydrogen-bond acceptors (Lipinski definition) is 41. The minimum Gasteiger partial charge on any atom is -0.481 e. The molecule has 42 heteroatoms. The first-order valence-corrected chi connectivity index (χ1v) is 40.8. The molecule has 6 aliphatic heterocycles. The molecule has 0 bridgehead atoms. The highest BCUT2D eigenvalue weighted by Crippen LogP contribution is 2.47. The van der Waals surface area contributed by atoms with Gasteiger partial charge in [-0.1, -0.05) is 18.2 Å². The number of carbonyl (C=O) groups excluding carboxylic acids is 4. The highest BCUT2D eigenvalue weighted by Gasteiger charge is 2.58. The van der Waals surface area contributed by atoms with Gasteiger partial charge in [-0.2, -0.15) is 0 Å². The summed E-state index contributed by atoms with van der Waals surface area (Å²) in [6.07, 6.45) is -45.2. The smallest absolute Gasteiger partial charge is 0.330 e. The van der Waals surface area contributed by atoms with Crippen LogP contribution >= 0.6 is 0 Å². The maximum atomic E-state index is 13.7. The topological polar surface area (TPSA) is 647 Å². The SMILES string of the molecule is COC1CC(C=CC(=O)OC2C(OC3C(OC4CC5C(OC6OC(COC(=O)CC(=O)O)C(O)C(O)C6O)CC(O)CC5OC4C4CCC(O)C(O)C4)OC(COC(=O)C=CC4CCC(OC5OC(COC(=O)C=CC6CCC(OC7OC(CO)C(O)C(O)C7O)C(OC)C6)C(O)C(O)C5O)CC4)C(O)C3O)OC(CO)C(O)C2O)CCC1O. The van der Waals surface area contributed by atoms with Crippen LogP contribution in [0.15, 0.2) is 36.5 Å². The van der Waals surface area contributed by atoms with Crippen LogP contribution in [0.4, 0.5) is 0 Å². The summed E-state index contributed by atoms with van der Waals surface area (Å²) in [7, 11) is 2.87. The highest BCUT2D eigenvalue weighted by molar-refractivity contribution is 5.90. The van der Waals surface area contributed by atoms with E-state index in [2.05, 4.69) is 0 Å². The molecule has 678 valence electrons. The van der Waals surface area contributed by atoms with E-state index in [0.717, 1.165) is 12.2 Å². The Morgan fingerprint density at radius 2 is 0.815 bits per heavy atom. The lowest BCUT2D eigenvalue weighted by atomic mass is 9.72. The molecule has 6 saturated heterocycles. The number of esters is 4. The molecule has 11 fully saturated rings. The molecule has 0 amide bonds. The molecular weight excluding hydrogens is 1600 g/mol. The zero-order valence-corrected chi connectivity index (χ0v) is 65.7. The number of carboxylic acid groups (broad SMARTS) is 1. The van der Waals surface area contributed by atoms with Gasteiger partial charge in [-0.25, -0.2) is 14.4 Å². The van der Waals surface area contributed by atoms with E-state index < -0.39 is 308 Å². The number of aliphatic hydroxyl groups is 19. The van der Waals surface area contributed by atoms with E-state index >= 15 is 0 Å². The maximum absolute atomic E-state index is 13.7. The number of carboxylic acids is 1. The summed E-state index contributed by atoms with van der Waals surface area (Å²) in [5.41, 5.74) is 0. The Bertz CT molecular complexity index is 3310. The number of rotatable bonds is 30. The standard InChI is InChI=1S/C77H118O42/c1-103-44-19-32(5-13-39(44)82)9-18-55(88)118-71-65(98)58(91)48(27-79)114-77(71)119-72-66(99)61(94)51(117-76(72)112-46-24-37-42(109-70(46)34-10-14-38(81)40(83)21-34)22-35(80)23-43(37)111-75-69(102)64(97)60(93)50(116-75)30-107-56(89)25-52(84)85)29-106-53(86)16-7-31-3-11-36(12-4-31)108-73-67(100)63(96)59(92)49(115-73)28-105-54(87)17-8-33-6-15-41(45(20-33)104-2)110-74-68(101)62(95)57(90)47(26-78)113-74/h7-9,16-18,31-51,57-83,90-102H,3-6,10-15,19-30H2,1-2H3,(H,84,85). The molecule has 11 aliphatic rings. The van der Waals surface area contributed by atoms with Gasteiger partial charge in [0.05, 0.1) is 86.5 Å². The Balaban J connectivity index is 0.747. The van der Waals surface area contributed by atoms with E-state index in [-0.39, 0.29) is 56.3 Å². The monoisotopic (exact) mass is 1710 g/mol. The largest absolute Gasteiger partial charge is 0.481 e. The van der Waals surface area contributed by atoms with Crippen molar-refractivity contribution in [2.75, 3.05) is 47.3 Å². The molecule has 5 saturated carbocycles. The van der Waals surface area contributed by atoms with Crippen molar-refractivity contribution in [3.05, 3.63) is 36.5 Å². The molecule has 119 heavy (non-hydrogen) atoms. The Labute approximate surface area is 683 Å². The van der Waals surface area contributed by atoms with Gasteiger partial charge in [0.1, 0.15) is 142 Å². The average molecular weight is 1720 g/mol. The summed E-state index contributed by atoms with van der Waals surface area (Å²) in [5.74, 6) is -7.98. The number of aliphatic hydroxyl groups excluding tert-OH is 19. The predicted molar refractivity (Wildman–Crippen MR) is 388 cm³/mol. The van der Waals surface area contributed by atoms with Crippen LogP contribution in [-0.2, 0) is 104 Å². The van der Waals surface area contributed by atoms with Crippen molar-refractivity contribution in [2.24, 2.45) is 29.6 Å². The molecule has 40 unspecified atom stereocenters. The fourth-order valence-corrected chi connectivity index (χ4v) is 17.8. The van der Waals surface area contributed by atoms with Gasteiger partial charge in [0, 0.05) is 44.8 Å². The van der Waals surface area contributed by atoms with Crippen molar-refractivity contribution < 1.29 is 207 Å². The zero-order valence-electron chi connectivity index (χ0n) is 65.7. The summed E-state index contributed by atoms with van der Waals surface area (Å²) >= 11 is 0. The second kappa shape index (κ2) is 43.5. The third kappa shape index (κ3) is 23.9. The molecule has 0 aromatic heterocycles. The molecule has 0 aromatic rings. The van der Waals surface area contributed by atoms with Crippen LogP contribution < -0.4 is 0 Å². The van der Waals surface area contributed by atoms with Crippen molar-refractivity contribution in [1.29, 1.82) is 0 Å². The van der Waals surface area contributed by atoms with Gasteiger partial charge >= 0.3 is 29.8 Å². The molecular formula is C77H118O42. The second-order valence-corrected chi connectivity index (χ2v) is 32.9. The van der Waals surface area contributed by atoms with Gasteiger partial charge in [-0.05, 0) is 120 Å². The second-order valence-electron chi connectivity index (χ2n) is 32.9. The number of hydrogen-bond donors (Lipinski definition) is 20. The first-order valence-electron chi connectivity index (χ1n) is 40.8. The summed E-state index contributed by atoms with van der Waals surface area (Å²) < 4.78 is 101. The number of carbonyl (C=O) groups is 5. The summed E-state index contributed by atoms with van der Waals surface area (Å²) in [5, 5.41) is 217. The van der Waals surface area contributed by atoms with E-state index in [9.17, 15) is 121 Å². The Morgan fingerprint density at radius 3 is 1.39 bits per heavy atom. The fourth-order valence-electron chi connectivity index (χ4n) is 17.8. The van der Waals surface area contributed by atoms with Crippen LogP contribution in [0.2, 0.25) is 0 Å². The molecule has 11 rings (SSSR count). The summed E-state index contributed by atoms with van der Waals surface area (Å²) in [6, 6.07) is 0. The third-order valence-electron chi connectivity index (χ3n) is 24.8. The Morgan fingerprint density at radius 1 is 0.361 bits per heavy atom. The molecule has 0 spiro atoms. The predicted octanol–water partition coefficient (Wildman–Crippen LogP) is -7.47. The van der Waals surface area contributed by atoms with Crippen molar-refractivity contribution in [2.45, 2.75) is 336 Å². The van der Waals surface area contributed by atoms with Crippen molar-refractivity contribution >= 4 is 29.8 Å². The number of fused-ring (bicyclic) bond motifs is 1. The van der Waals surface area contributed by atoms with Crippen LogP contribution in [0.25, 0.3) is 0 Å². The van der Waals surface area contributed by atoms with Crippen LogP contribution in [-0.4, -0.2) is 406 Å². The maximum Gasteiger partial charge on any atom is 0.330 e. The summed E-state index contributed by atoms with van der Waals surface area (Å²) in [6.45, 7) is -3.77. The van der Waals surface area contributed by atoms with E-state index in [0.29, 0.717) is 64.2 Å². The van der Waals surface area contributed by atoms with Crippen molar-refractivity contribution in [1.82, 2.24) is 0 Å². The Hall–Kier alpha value is -4.71. The molecule has 40 atom stereocenters. The van der Waals surface area contributed by atoms with Gasteiger partial charge in [-0.15, -0.1) is 0 Å². The van der Waals surface area contributed by atoms with Gasteiger partial charge in [0.15, 0.2) is 37.6 Å². The van der Waals surface area contributed by atoms with E-state index in [1.807, 2.05) is 0 Å². The van der Waals surface area contributed by atoms with E-state index in [4.69, 9.17) is 85.6 Å². The van der Waals surface area contributed by atoms with Gasteiger partial charge in [0.25, 0.3) is 0 Å². The fraction of sp³-hybridized carbons (Fsp3) is 0.857. The highest BCUT2D eigenvalue weighted by atomic mass is 16.8. The van der Waals surface area contributed by atoms with E-state index in [1.54, 1.807) is 12.2 Å². The minimum atomic E-state index is -2.18. The average Bonchev–Trinajstić information content (AvgIpc) is 0.760. The van der Waals surface area contributed by atoms with Gasteiger partial charge < -0.3 is 183 Å².